The van der Waals surface area contributed by atoms with Crippen LogP contribution in [0.2, 0.25) is 0 Å². The molecule has 4 rings (SSSR count). The van der Waals surface area contributed by atoms with Crippen LogP contribution in [0.4, 0.5) is 5.00 Å². The average molecular weight is 381 g/mol. The lowest BCUT2D eigenvalue weighted by Crippen LogP contribution is -2.14. The topological polar surface area (TPSA) is 73.9 Å². The van der Waals surface area contributed by atoms with Crippen molar-refractivity contribution in [2.45, 2.75) is 0 Å². The van der Waals surface area contributed by atoms with Gasteiger partial charge in [-0.2, -0.15) is 0 Å². The monoisotopic (exact) mass is 381 g/mol. The van der Waals surface area contributed by atoms with Crippen LogP contribution in [-0.2, 0) is 4.74 Å². The molecule has 1 aliphatic rings. The van der Waals surface area contributed by atoms with Crippen molar-refractivity contribution in [3.63, 3.8) is 0 Å². The number of fused-ring (bicyclic) bond motifs is 1. The number of anilines is 1. The first-order valence-electron chi connectivity index (χ1n) is 8.13. The summed E-state index contributed by atoms with van der Waals surface area (Å²) in [5.74, 6) is 0.271. The van der Waals surface area contributed by atoms with E-state index in [0.29, 0.717) is 33.2 Å². The van der Waals surface area contributed by atoms with E-state index in [0.717, 1.165) is 5.56 Å². The van der Waals surface area contributed by atoms with Gasteiger partial charge in [-0.05, 0) is 23.8 Å². The van der Waals surface area contributed by atoms with Crippen LogP contribution in [0.3, 0.4) is 0 Å². The highest BCUT2D eigenvalue weighted by Crippen LogP contribution is 2.37. The van der Waals surface area contributed by atoms with E-state index in [1.807, 2.05) is 35.7 Å². The van der Waals surface area contributed by atoms with Crippen LogP contribution in [0.5, 0.6) is 11.5 Å². The molecule has 1 aliphatic heterocycles. The van der Waals surface area contributed by atoms with Crippen LogP contribution in [0.15, 0.2) is 53.9 Å². The van der Waals surface area contributed by atoms with Crippen molar-refractivity contribution in [2.75, 3.05) is 19.2 Å². The van der Waals surface area contributed by atoms with Gasteiger partial charge < -0.3 is 19.5 Å². The Labute approximate surface area is 159 Å². The molecule has 1 N–H and O–H groups in total. The number of hydrogen-bond donors (Lipinski definition) is 1. The molecular formula is C20H15NO5S. The van der Waals surface area contributed by atoms with E-state index in [1.165, 1.54) is 18.4 Å². The number of methoxy groups -OCH3 is 1. The molecule has 7 heteroatoms. The largest absolute Gasteiger partial charge is 0.465 e. The number of ether oxygens (including phenoxy) is 3. The SMILES string of the molecule is COC(=O)c1c(-c2ccccc2)csc1NC(=O)c1ccc2c(c1)OCO2. The highest BCUT2D eigenvalue weighted by Gasteiger charge is 2.23. The first-order chi connectivity index (χ1) is 13.2. The Morgan fingerprint density at radius 3 is 2.63 bits per heavy atom. The zero-order valence-electron chi connectivity index (χ0n) is 14.4. The molecule has 0 saturated heterocycles. The van der Waals surface area contributed by atoms with Gasteiger partial charge in [0.25, 0.3) is 5.91 Å². The molecule has 6 nitrogen and oxygen atoms in total. The Balaban J connectivity index is 1.66. The zero-order chi connectivity index (χ0) is 18.8. The fourth-order valence-electron chi connectivity index (χ4n) is 2.80. The number of amides is 1. The number of carbonyl (C=O) groups excluding carboxylic acids is 2. The van der Waals surface area contributed by atoms with Crippen molar-refractivity contribution in [2.24, 2.45) is 0 Å². The third-order valence-corrected chi connectivity index (χ3v) is 5.02. The van der Waals surface area contributed by atoms with Crippen LogP contribution in [0.25, 0.3) is 11.1 Å². The summed E-state index contributed by atoms with van der Waals surface area (Å²) in [4.78, 5) is 25.0. The van der Waals surface area contributed by atoms with Crippen LogP contribution in [-0.4, -0.2) is 25.8 Å². The molecule has 2 aromatic carbocycles. The van der Waals surface area contributed by atoms with Crippen molar-refractivity contribution in [3.05, 3.63) is 65.0 Å². The molecule has 1 aromatic heterocycles. The lowest BCUT2D eigenvalue weighted by atomic mass is 10.0. The second-order valence-electron chi connectivity index (χ2n) is 5.73. The molecule has 0 unspecified atom stereocenters. The summed E-state index contributed by atoms with van der Waals surface area (Å²) in [5.41, 5.74) is 2.33. The average Bonchev–Trinajstić information content (AvgIpc) is 3.34. The Hall–Kier alpha value is -3.32. The van der Waals surface area contributed by atoms with Gasteiger partial charge in [0.1, 0.15) is 10.6 Å². The van der Waals surface area contributed by atoms with Crippen molar-refractivity contribution in [1.29, 1.82) is 0 Å². The van der Waals surface area contributed by atoms with Crippen molar-refractivity contribution >= 4 is 28.2 Å². The minimum absolute atomic E-state index is 0.137. The summed E-state index contributed by atoms with van der Waals surface area (Å²) in [6.45, 7) is 0.137. The molecule has 2 heterocycles. The lowest BCUT2D eigenvalue weighted by Gasteiger charge is -2.08. The molecule has 0 bridgehead atoms. The van der Waals surface area contributed by atoms with Gasteiger partial charge in [0.15, 0.2) is 11.5 Å². The van der Waals surface area contributed by atoms with Gasteiger partial charge in [0.05, 0.1) is 7.11 Å². The summed E-state index contributed by atoms with van der Waals surface area (Å²) in [6.07, 6.45) is 0. The van der Waals surface area contributed by atoms with Crippen LogP contribution >= 0.6 is 11.3 Å². The van der Waals surface area contributed by atoms with E-state index < -0.39 is 5.97 Å². The minimum atomic E-state index is -0.504. The molecule has 3 aromatic rings. The maximum Gasteiger partial charge on any atom is 0.341 e. The highest BCUT2D eigenvalue weighted by atomic mass is 32.1. The molecule has 0 fully saturated rings. The van der Waals surface area contributed by atoms with Gasteiger partial charge in [-0.25, -0.2) is 4.79 Å². The van der Waals surface area contributed by atoms with Gasteiger partial charge in [-0.3, -0.25) is 4.79 Å². The fourth-order valence-corrected chi connectivity index (χ4v) is 3.75. The van der Waals surface area contributed by atoms with Crippen molar-refractivity contribution in [1.82, 2.24) is 0 Å². The van der Waals surface area contributed by atoms with Crippen molar-refractivity contribution < 1.29 is 23.8 Å². The number of thiophene rings is 1. The van der Waals surface area contributed by atoms with E-state index in [2.05, 4.69) is 5.32 Å². The fraction of sp³-hybridized carbons (Fsp3) is 0.100. The molecule has 27 heavy (non-hydrogen) atoms. The third kappa shape index (κ3) is 3.24. The maximum absolute atomic E-state index is 12.7. The summed E-state index contributed by atoms with van der Waals surface area (Å²) < 4.78 is 15.5. The number of hydrogen-bond acceptors (Lipinski definition) is 6. The Kier molecular flexibility index (Phi) is 4.52. The van der Waals surface area contributed by atoms with Crippen molar-refractivity contribution in [3.8, 4) is 22.6 Å². The van der Waals surface area contributed by atoms with Gasteiger partial charge >= 0.3 is 5.97 Å². The van der Waals surface area contributed by atoms with E-state index in [9.17, 15) is 9.59 Å². The second kappa shape index (κ2) is 7.13. The van der Waals surface area contributed by atoms with E-state index in [1.54, 1.807) is 18.2 Å². The molecule has 0 spiro atoms. The van der Waals surface area contributed by atoms with Gasteiger partial charge in [0, 0.05) is 16.5 Å². The molecule has 0 atom stereocenters. The Bertz CT molecular complexity index is 1010. The highest BCUT2D eigenvalue weighted by molar-refractivity contribution is 7.15. The number of rotatable bonds is 4. The van der Waals surface area contributed by atoms with Crippen LogP contribution in [0.1, 0.15) is 20.7 Å². The molecule has 136 valence electrons. The van der Waals surface area contributed by atoms with Gasteiger partial charge in [0.2, 0.25) is 6.79 Å². The number of carbonyl (C=O) groups is 2. The first kappa shape index (κ1) is 17.1. The normalized spacial score (nSPS) is 11.9. The predicted molar refractivity (Wildman–Crippen MR) is 102 cm³/mol. The quantitative estimate of drug-likeness (QED) is 0.686. The Morgan fingerprint density at radius 1 is 1.07 bits per heavy atom. The molecular weight excluding hydrogens is 366 g/mol. The third-order valence-electron chi connectivity index (χ3n) is 4.13. The second-order valence-corrected chi connectivity index (χ2v) is 6.61. The molecule has 0 aliphatic carbocycles. The van der Waals surface area contributed by atoms with E-state index in [4.69, 9.17) is 14.2 Å². The summed E-state index contributed by atoms with van der Waals surface area (Å²) in [5, 5.41) is 5.07. The number of esters is 1. The summed E-state index contributed by atoms with van der Waals surface area (Å²) in [7, 11) is 1.32. The number of nitrogens with one attached hydrogen (secondary N) is 1. The van der Waals surface area contributed by atoms with Crippen LogP contribution < -0.4 is 14.8 Å². The van der Waals surface area contributed by atoms with E-state index >= 15 is 0 Å². The first-order valence-corrected chi connectivity index (χ1v) is 9.01. The van der Waals surface area contributed by atoms with Gasteiger partial charge in [-0.1, -0.05) is 30.3 Å². The maximum atomic E-state index is 12.7. The van der Waals surface area contributed by atoms with E-state index in [-0.39, 0.29) is 12.7 Å². The van der Waals surface area contributed by atoms with Gasteiger partial charge in [-0.15, -0.1) is 11.3 Å². The standard InChI is InChI=1S/C20H15NO5S/c1-24-20(23)17-14(12-5-3-2-4-6-12)10-27-19(17)21-18(22)13-7-8-15-16(9-13)26-11-25-15/h2-10H,11H2,1H3,(H,21,22). The minimum Gasteiger partial charge on any atom is -0.465 e. The lowest BCUT2D eigenvalue weighted by molar-refractivity contribution is 0.0603. The summed E-state index contributed by atoms with van der Waals surface area (Å²) >= 11 is 1.27. The Morgan fingerprint density at radius 2 is 1.85 bits per heavy atom. The molecule has 0 radical (unpaired) electrons. The molecule has 1 amide bonds. The molecule has 0 saturated carbocycles. The smallest absolute Gasteiger partial charge is 0.341 e. The predicted octanol–water partition coefficient (Wildman–Crippen LogP) is 4.18. The number of benzene rings is 2. The summed E-state index contributed by atoms with van der Waals surface area (Å²) in [6, 6.07) is 14.4. The van der Waals surface area contributed by atoms with Crippen LogP contribution in [0, 0.1) is 0 Å². The zero-order valence-corrected chi connectivity index (χ0v) is 15.2.